The molecule has 5 nitrogen and oxygen atoms in total. The number of hydrogen-bond acceptors (Lipinski definition) is 5. The van der Waals surface area contributed by atoms with Crippen LogP contribution in [0, 0.1) is 11.7 Å². The van der Waals surface area contributed by atoms with Crippen LogP contribution in [0.25, 0.3) is 0 Å². The Bertz CT molecular complexity index is 562. The lowest BCUT2D eigenvalue weighted by Gasteiger charge is -2.22. The number of sulfone groups is 1. The highest BCUT2D eigenvalue weighted by molar-refractivity contribution is 7.91. The average molecular weight is 288 g/mol. The summed E-state index contributed by atoms with van der Waals surface area (Å²) in [5, 5.41) is 0. The van der Waals surface area contributed by atoms with Crippen LogP contribution in [0.5, 0.6) is 5.75 Å². The first kappa shape index (κ1) is 14.2. The second-order valence-electron chi connectivity index (χ2n) is 4.69. The van der Waals surface area contributed by atoms with E-state index >= 15 is 0 Å². The second-order valence-corrected chi connectivity index (χ2v) is 6.92. The molecule has 0 aromatic heterocycles. The van der Waals surface area contributed by atoms with Gasteiger partial charge < -0.3 is 4.74 Å². The van der Waals surface area contributed by atoms with Crippen molar-refractivity contribution in [1.82, 2.24) is 5.43 Å². The van der Waals surface area contributed by atoms with Gasteiger partial charge in [0, 0.05) is 11.6 Å². The zero-order chi connectivity index (χ0) is 14.0. The Morgan fingerprint density at radius 1 is 1.53 bits per heavy atom. The SMILES string of the molecule is COc1ccc(C(NN)C2CCS(=O)(=O)C2)c(F)c1. The molecule has 1 fully saturated rings. The van der Waals surface area contributed by atoms with Crippen LogP contribution in [-0.2, 0) is 9.84 Å². The molecule has 7 heteroatoms. The summed E-state index contributed by atoms with van der Waals surface area (Å²) < 4.78 is 41.9. The second kappa shape index (κ2) is 5.44. The van der Waals surface area contributed by atoms with E-state index in [9.17, 15) is 12.8 Å². The minimum absolute atomic E-state index is 0.0351. The molecule has 0 radical (unpaired) electrons. The number of rotatable bonds is 4. The van der Waals surface area contributed by atoms with E-state index in [1.54, 1.807) is 12.1 Å². The number of hydrogen-bond donors (Lipinski definition) is 2. The van der Waals surface area contributed by atoms with Gasteiger partial charge in [-0.05, 0) is 18.4 Å². The number of halogens is 1. The van der Waals surface area contributed by atoms with Crippen LogP contribution in [0.4, 0.5) is 4.39 Å². The molecule has 106 valence electrons. The standard InChI is InChI=1S/C12H17FN2O3S/c1-18-9-2-3-10(11(13)6-9)12(15-14)8-4-5-19(16,17)7-8/h2-3,6,8,12,15H,4-5,7,14H2,1H3. The number of hydrazine groups is 1. The molecule has 1 saturated heterocycles. The van der Waals surface area contributed by atoms with Crippen LogP contribution in [0.1, 0.15) is 18.0 Å². The minimum atomic E-state index is -3.03. The molecule has 0 saturated carbocycles. The van der Waals surface area contributed by atoms with Gasteiger partial charge in [-0.25, -0.2) is 12.8 Å². The van der Waals surface area contributed by atoms with Gasteiger partial charge in [0.2, 0.25) is 0 Å². The first-order valence-corrected chi connectivity index (χ1v) is 7.79. The molecule has 2 atom stereocenters. The molecular formula is C12H17FN2O3S. The third kappa shape index (κ3) is 3.05. The lowest BCUT2D eigenvalue weighted by Crippen LogP contribution is -2.34. The van der Waals surface area contributed by atoms with Gasteiger partial charge in [0.25, 0.3) is 0 Å². The highest BCUT2D eigenvalue weighted by Crippen LogP contribution is 2.33. The van der Waals surface area contributed by atoms with E-state index in [2.05, 4.69) is 5.43 Å². The van der Waals surface area contributed by atoms with Crippen LogP contribution in [0.3, 0.4) is 0 Å². The van der Waals surface area contributed by atoms with E-state index in [1.807, 2.05) is 0 Å². The van der Waals surface area contributed by atoms with E-state index in [4.69, 9.17) is 10.6 Å². The quantitative estimate of drug-likeness (QED) is 0.632. The summed E-state index contributed by atoms with van der Waals surface area (Å²) in [6, 6.07) is 3.96. The Kier molecular flexibility index (Phi) is 4.07. The average Bonchev–Trinajstić information content (AvgIpc) is 2.72. The van der Waals surface area contributed by atoms with Crippen molar-refractivity contribution >= 4 is 9.84 Å². The van der Waals surface area contributed by atoms with Gasteiger partial charge in [-0.3, -0.25) is 11.3 Å². The van der Waals surface area contributed by atoms with E-state index in [0.717, 1.165) is 0 Å². The summed E-state index contributed by atoms with van der Waals surface area (Å²) in [5.74, 6) is 5.39. The first-order valence-electron chi connectivity index (χ1n) is 5.97. The third-order valence-electron chi connectivity index (χ3n) is 3.46. The van der Waals surface area contributed by atoms with Crippen molar-refractivity contribution in [2.24, 2.45) is 11.8 Å². The number of nitrogens with one attached hydrogen (secondary N) is 1. The predicted molar refractivity (Wildman–Crippen MR) is 69.8 cm³/mol. The van der Waals surface area contributed by atoms with Crippen molar-refractivity contribution in [1.29, 1.82) is 0 Å². The van der Waals surface area contributed by atoms with Crippen molar-refractivity contribution < 1.29 is 17.5 Å². The minimum Gasteiger partial charge on any atom is -0.497 e. The molecule has 1 aliphatic heterocycles. The van der Waals surface area contributed by atoms with Crippen molar-refractivity contribution in [3.05, 3.63) is 29.6 Å². The highest BCUT2D eigenvalue weighted by atomic mass is 32.2. The largest absolute Gasteiger partial charge is 0.497 e. The zero-order valence-electron chi connectivity index (χ0n) is 10.6. The molecule has 1 aliphatic rings. The normalized spacial score (nSPS) is 23.2. The predicted octanol–water partition coefficient (Wildman–Crippen LogP) is 0.773. The van der Waals surface area contributed by atoms with Crippen molar-refractivity contribution in [2.75, 3.05) is 18.6 Å². The number of nitrogens with two attached hydrogens (primary N) is 1. The fraction of sp³-hybridized carbons (Fsp3) is 0.500. The van der Waals surface area contributed by atoms with E-state index in [-0.39, 0.29) is 17.4 Å². The van der Waals surface area contributed by atoms with Crippen LogP contribution < -0.4 is 16.0 Å². The van der Waals surface area contributed by atoms with Gasteiger partial charge in [-0.1, -0.05) is 6.07 Å². The Morgan fingerprint density at radius 2 is 2.26 bits per heavy atom. The van der Waals surface area contributed by atoms with Crippen molar-refractivity contribution in [3.8, 4) is 5.75 Å². The van der Waals surface area contributed by atoms with Crippen LogP contribution in [-0.4, -0.2) is 27.0 Å². The topological polar surface area (TPSA) is 81.4 Å². The van der Waals surface area contributed by atoms with E-state index < -0.39 is 21.7 Å². The van der Waals surface area contributed by atoms with Crippen LogP contribution >= 0.6 is 0 Å². The molecule has 0 spiro atoms. The Labute approximate surface area is 111 Å². The molecule has 3 N–H and O–H groups in total. The molecule has 19 heavy (non-hydrogen) atoms. The Balaban J connectivity index is 2.27. The van der Waals surface area contributed by atoms with Gasteiger partial charge in [0.05, 0.1) is 24.7 Å². The first-order chi connectivity index (χ1) is 8.96. The molecule has 1 heterocycles. The summed E-state index contributed by atoms with van der Waals surface area (Å²) in [6.07, 6.45) is 0.489. The Morgan fingerprint density at radius 3 is 2.74 bits per heavy atom. The van der Waals surface area contributed by atoms with Gasteiger partial charge in [0.15, 0.2) is 9.84 Å². The molecule has 0 aliphatic carbocycles. The van der Waals surface area contributed by atoms with Gasteiger partial charge in [-0.15, -0.1) is 0 Å². The molecule has 1 aromatic carbocycles. The maximum atomic E-state index is 14.0. The van der Waals surface area contributed by atoms with Crippen LogP contribution in [0.2, 0.25) is 0 Å². The number of benzene rings is 1. The Hall–Kier alpha value is -1.18. The molecule has 0 bridgehead atoms. The lowest BCUT2D eigenvalue weighted by atomic mass is 9.92. The summed E-state index contributed by atoms with van der Waals surface area (Å²) in [6.45, 7) is 0. The number of ether oxygens (including phenoxy) is 1. The third-order valence-corrected chi connectivity index (χ3v) is 5.26. The van der Waals surface area contributed by atoms with E-state index in [1.165, 1.54) is 13.2 Å². The van der Waals surface area contributed by atoms with E-state index in [0.29, 0.717) is 17.7 Å². The maximum absolute atomic E-state index is 14.0. The number of methoxy groups -OCH3 is 1. The molecule has 1 aromatic rings. The molecule has 0 amide bonds. The summed E-state index contributed by atoms with van der Waals surface area (Å²) >= 11 is 0. The fourth-order valence-corrected chi connectivity index (χ4v) is 4.29. The maximum Gasteiger partial charge on any atom is 0.150 e. The molecule has 2 unspecified atom stereocenters. The molecule has 2 rings (SSSR count). The zero-order valence-corrected chi connectivity index (χ0v) is 11.4. The molecular weight excluding hydrogens is 271 g/mol. The highest BCUT2D eigenvalue weighted by Gasteiger charge is 2.35. The summed E-state index contributed by atoms with van der Waals surface area (Å²) in [7, 11) is -1.57. The van der Waals surface area contributed by atoms with Crippen molar-refractivity contribution in [2.45, 2.75) is 12.5 Å². The van der Waals surface area contributed by atoms with Gasteiger partial charge in [-0.2, -0.15) is 0 Å². The summed E-state index contributed by atoms with van der Waals surface area (Å²) in [4.78, 5) is 0. The summed E-state index contributed by atoms with van der Waals surface area (Å²) in [5.41, 5.74) is 2.90. The smallest absolute Gasteiger partial charge is 0.150 e. The van der Waals surface area contributed by atoms with Gasteiger partial charge in [0.1, 0.15) is 11.6 Å². The van der Waals surface area contributed by atoms with Crippen LogP contribution in [0.15, 0.2) is 18.2 Å². The van der Waals surface area contributed by atoms with Crippen molar-refractivity contribution in [3.63, 3.8) is 0 Å². The monoisotopic (exact) mass is 288 g/mol. The van der Waals surface area contributed by atoms with Gasteiger partial charge >= 0.3 is 0 Å². The lowest BCUT2D eigenvalue weighted by molar-refractivity contribution is 0.380. The fourth-order valence-electron chi connectivity index (χ4n) is 2.45.